The van der Waals surface area contributed by atoms with Gasteiger partial charge < -0.3 is 0 Å². The van der Waals surface area contributed by atoms with E-state index in [9.17, 15) is 0 Å². The highest BCUT2D eigenvalue weighted by Crippen LogP contribution is 2.26. The first-order valence-electron chi connectivity index (χ1n) is 5.12. The lowest BCUT2D eigenvalue weighted by Gasteiger charge is -2.16. The third-order valence-electron chi connectivity index (χ3n) is 2.51. The molecule has 0 heterocycles. The van der Waals surface area contributed by atoms with Gasteiger partial charge in [-0.2, -0.15) is 15.8 Å². The van der Waals surface area contributed by atoms with Crippen LogP contribution in [-0.4, -0.2) is 0 Å². The monoisotopic (exact) mass is 221 g/mol. The molecule has 0 N–H and O–H groups in total. The fraction of sp³-hybridized carbons (Fsp3) is 0.214. The van der Waals surface area contributed by atoms with Crippen molar-refractivity contribution in [3.8, 4) is 18.2 Å². The van der Waals surface area contributed by atoms with Gasteiger partial charge in [0.2, 0.25) is 0 Å². The van der Waals surface area contributed by atoms with E-state index in [1.807, 2.05) is 18.2 Å². The van der Waals surface area contributed by atoms with Crippen molar-refractivity contribution in [1.29, 1.82) is 15.8 Å². The zero-order valence-corrected chi connectivity index (χ0v) is 9.35. The Kier molecular flexibility index (Phi) is 4.04. The second-order valence-electron chi connectivity index (χ2n) is 3.78. The predicted octanol–water partition coefficient (Wildman–Crippen LogP) is 2.71. The van der Waals surface area contributed by atoms with Gasteiger partial charge in [-0.05, 0) is 24.1 Å². The summed E-state index contributed by atoms with van der Waals surface area (Å²) in [4.78, 5) is 0. The number of hydrogen-bond donors (Lipinski definition) is 0. The van der Waals surface area contributed by atoms with Crippen molar-refractivity contribution in [1.82, 2.24) is 0 Å². The molecule has 82 valence electrons. The van der Waals surface area contributed by atoms with Gasteiger partial charge in [0, 0.05) is 6.42 Å². The Bertz CT molecular complexity index is 507. The van der Waals surface area contributed by atoms with Crippen molar-refractivity contribution >= 4 is 0 Å². The quantitative estimate of drug-likeness (QED) is 0.734. The van der Waals surface area contributed by atoms with E-state index in [-0.39, 0.29) is 0 Å². The third-order valence-corrected chi connectivity index (χ3v) is 2.51. The van der Waals surface area contributed by atoms with Crippen LogP contribution in [0.25, 0.3) is 0 Å². The molecule has 1 rings (SSSR count). The molecule has 1 aromatic carbocycles. The van der Waals surface area contributed by atoms with Crippen LogP contribution in [-0.2, 0) is 6.42 Å². The summed E-state index contributed by atoms with van der Waals surface area (Å²) >= 11 is 0. The first-order valence-corrected chi connectivity index (χ1v) is 5.12. The molecule has 0 unspecified atom stereocenters. The van der Waals surface area contributed by atoms with E-state index in [1.165, 1.54) is 0 Å². The van der Waals surface area contributed by atoms with Crippen LogP contribution < -0.4 is 0 Å². The first kappa shape index (κ1) is 12.5. The maximum Gasteiger partial charge on any atom is 0.151 e. The molecular weight excluding hydrogens is 210 g/mol. The summed E-state index contributed by atoms with van der Waals surface area (Å²) in [7, 11) is 0. The van der Waals surface area contributed by atoms with Crippen molar-refractivity contribution < 1.29 is 0 Å². The number of nitrogens with zero attached hydrogens (tertiary/aromatic N) is 3. The lowest BCUT2D eigenvalue weighted by atomic mass is 9.81. The maximum atomic E-state index is 9.10. The third kappa shape index (κ3) is 2.94. The minimum atomic E-state index is -1.06. The molecule has 0 atom stereocenters. The molecule has 0 amide bonds. The fourth-order valence-corrected chi connectivity index (χ4v) is 1.56. The molecule has 3 nitrogen and oxygen atoms in total. The molecule has 1 aromatic rings. The molecule has 0 aliphatic carbocycles. The lowest BCUT2D eigenvalue weighted by molar-refractivity contribution is 0.527. The van der Waals surface area contributed by atoms with Gasteiger partial charge >= 0.3 is 0 Å². The zero-order chi connectivity index (χ0) is 12.7. The summed E-state index contributed by atoms with van der Waals surface area (Å²) < 4.78 is 0. The van der Waals surface area contributed by atoms with Gasteiger partial charge in [0.1, 0.15) is 0 Å². The Labute approximate surface area is 101 Å². The van der Waals surface area contributed by atoms with Gasteiger partial charge in [-0.25, -0.2) is 0 Å². The molecule has 3 heteroatoms. The molecule has 0 bridgehead atoms. The maximum absolute atomic E-state index is 9.10. The highest BCUT2D eigenvalue weighted by Gasteiger charge is 2.28. The summed E-state index contributed by atoms with van der Waals surface area (Å²) in [6, 6.07) is 13.0. The summed E-state index contributed by atoms with van der Waals surface area (Å²) in [6.45, 7) is 3.57. The second kappa shape index (κ2) is 5.50. The number of nitriles is 3. The topological polar surface area (TPSA) is 71.4 Å². The zero-order valence-electron chi connectivity index (χ0n) is 9.35. The predicted molar refractivity (Wildman–Crippen MR) is 63.3 cm³/mol. The highest BCUT2D eigenvalue weighted by molar-refractivity contribution is 5.33. The van der Waals surface area contributed by atoms with E-state index in [0.717, 1.165) is 5.56 Å². The largest absolute Gasteiger partial charge is 0.197 e. The molecule has 0 aliphatic rings. The highest BCUT2D eigenvalue weighted by atomic mass is 14.4. The van der Waals surface area contributed by atoms with Gasteiger partial charge in [0.15, 0.2) is 5.41 Å². The van der Waals surface area contributed by atoms with Crippen LogP contribution in [0.5, 0.6) is 0 Å². The molecule has 0 saturated heterocycles. The average Bonchev–Trinajstić information content (AvgIpc) is 2.39. The van der Waals surface area contributed by atoms with Crippen LogP contribution >= 0.6 is 0 Å². The van der Waals surface area contributed by atoms with Crippen molar-refractivity contribution in [2.75, 3.05) is 0 Å². The standard InChI is InChI=1S/C14H11N3/c1-2-7-14(10-16,11-17)8-12-3-5-13(9-15)6-4-12/h2-6H,1,7-8H2. The normalized spacial score (nSPS) is 9.71. The summed E-state index contributed by atoms with van der Waals surface area (Å²) in [5.41, 5.74) is 0.376. The van der Waals surface area contributed by atoms with Crippen LogP contribution in [0.3, 0.4) is 0 Å². The van der Waals surface area contributed by atoms with Gasteiger partial charge in [-0.3, -0.25) is 0 Å². The number of rotatable bonds is 4. The molecule has 0 aromatic heterocycles. The summed E-state index contributed by atoms with van der Waals surface area (Å²) in [6.07, 6.45) is 2.26. The molecule has 0 saturated carbocycles. The molecular formula is C14H11N3. The number of allylic oxidation sites excluding steroid dienone is 1. The smallest absolute Gasteiger partial charge is 0.151 e. The van der Waals surface area contributed by atoms with Crippen molar-refractivity contribution in [3.63, 3.8) is 0 Å². The van der Waals surface area contributed by atoms with Gasteiger partial charge in [-0.1, -0.05) is 18.2 Å². The van der Waals surface area contributed by atoms with E-state index in [0.29, 0.717) is 18.4 Å². The molecule has 0 spiro atoms. The minimum Gasteiger partial charge on any atom is -0.197 e. The molecule has 0 radical (unpaired) electrons. The number of hydrogen-bond acceptors (Lipinski definition) is 3. The van der Waals surface area contributed by atoms with Crippen LogP contribution in [0.15, 0.2) is 36.9 Å². The molecule has 0 fully saturated rings. The second-order valence-corrected chi connectivity index (χ2v) is 3.78. The van der Waals surface area contributed by atoms with Gasteiger partial charge in [0.25, 0.3) is 0 Å². The summed E-state index contributed by atoms with van der Waals surface area (Å²) in [5.74, 6) is 0. The van der Waals surface area contributed by atoms with Crippen LogP contribution in [0.4, 0.5) is 0 Å². The molecule has 17 heavy (non-hydrogen) atoms. The van der Waals surface area contributed by atoms with E-state index in [1.54, 1.807) is 30.3 Å². The number of benzene rings is 1. The Hall–Kier alpha value is -2.57. The lowest BCUT2D eigenvalue weighted by Crippen LogP contribution is -2.18. The van der Waals surface area contributed by atoms with Crippen LogP contribution in [0.1, 0.15) is 17.5 Å². The summed E-state index contributed by atoms with van der Waals surface area (Å²) in [5, 5.41) is 26.9. The minimum absolute atomic E-state index is 0.333. The Morgan fingerprint density at radius 2 is 1.71 bits per heavy atom. The Morgan fingerprint density at radius 1 is 1.12 bits per heavy atom. The van der Waals surface area contributed by atoms with E-state index < -0.39 is 5.41 Å². The van der Waals surface area contributed by atoms with Crippen molar-refractivity contribution in [3.05, 3.63) is 48.0 Å². The fourth-order valence-electron chi connectivity index (χ4n) is 1.56. The van der Waals surface area contributed by atoms with Crippen LogP contribution in [0.2, 0.25) is 0 Å². The SMILES string of the molecule is C=CCC(C#N)(C#N)Cc1ccc(C#N)cc1. The van der Waals surface area contributed by atoms with Gasteiger partial charge in [0.05, 0.1) is 23.8 Å². The Morgan fingerprint density at radius 3 is 2.12 bits per heavy atom. The van der Waals surface area contributed by atoms with Gasteiger partial charge in [-0.15, -0.1) is 6.58 Å². The Balaban J connectivity index is 2.96. The van der Waals surface area contributed by atoms with Crippen molar-refractivity contribution in [2.24, 2.45) is 5.41 Å². The van der Waals surface area contributed by atoms with E-state index in [2.05, 4.69) is 6.58 Å². The molecule has 0 aliphatic heterocycles. The average molecular weight is 221 g/mol. The van der Waals surface area contributed by atoms with Crippen LogP contribution in [0, 0.1) is 39.4 Å². The van der Waals surface area contributed by atoms with E-state index >= 15 is 0 Å². The van der Waals surface area contributed by atoms with E-state index in [4.69, 9.17) is 15.8 Å². The first-order chi connectivity index (χ1) is 8.19. The van der Waals surface area contributed by atoms with Crippen molar-refractivity contribution in [2.45, 2.75) is 12.8 Å².